The van der Waals surface area contributed by atoms with Crippen LogP contribution in [0.1, 0.15) is 17.0 Å². The highest BCUT2D eigenvalue weighted by molar-refractivity contribution is 5.80. The van der Waals surface area contributed by atoms with E-state index in [1.54, 1.807) is 0 Å². The van der Waals surface area contributed by atoms with E-state index >= 15 is 0 Å². The topological polar surface area (TPSA) is 75.1 Å². The molecule has 2 aromatic carbocycles. The Hall–Kier alpha value is -3.09. The third kappa shape index (κ3) is 5.04. The van der Waals surface area contributed by atoms with Crippen molar-refractivity contribution in [1.29, 1.82) is 0 Å². The monoisotopic (exact) mass is 390 g/mol. The van der Waals surface area contributed by atoms with Gasteiger partial charge in [0.1, 0.15) is 24.3 Å². The molecule has 29 heavy (non-hydrogen) atoms. The molecule has 0 aliphatic carbocycles. The third-order valence-electron chi connectivity index (χ3n) is 4.95. The summed E-state index contributed by atoms with van der Waals surface area (Å²) in [4.78, 5) is 7.43. The van der Waals surface area contributed by atoms with Crippen LogP contribution in [0.25, 0.3) is 10.9 Å². The molecule has 6 nitrogen and oxygen atoms in total. The van der Waals surface area contributed by atoms with Crippen LogP contribution in [0.5, 0.6) is 5.75 Å². The predicted octanol–water partition coefficient (Wildman–Crippen LogP) is 3.25. The van der Waals surface area contributed by atoms with Gasteiger partial charge < -0.3 is 24.7 Å². The van der Waals surface area contributed by atoms with E-state index in [-0.39, 0.29) is 6.61 Å². The maximum atomic E-state index is 10.2. The summed E-state index contributed by atoms with van der Waals surface area (Å²) in [6, 6.07) is 16.3. The van der Waals surface area contributed by atoms with E-state index in [1.807, 2.05) is 49.8 Å². The second-order valence-corrected chi connectivity index (χ2v) is 7.24. The first-order valence-electron chi connectivity index (χ1n) is 9.81. The molecule has 0 saturated carbocycles. The van der Waals surface area contributed by atoms with Crippen molar-refractivity contribution in [3.8, 4) is 5.75 Å². The Labute approximate surface area is 170 Å². The van der Waals surface area contributed by atoms with Crippen LogP contribution in [0.4, 0.5) is 0 Å². The van der Waals surface area contributed by atoms with Gasteiger partial charge in [0.2, 0.25) is 0 Å². The largest absolute Gasteiger partial charge is 0.491 e. The molecule has 0 fully saturated rings. The average molecular weight is 390 g/mol. The minimum atomic E-state index is -0.578. The van der Waals surface area contributed by atoms with Gasteiger partial charge in [-0.3, -0.25) is 0 Å². The molecule has 0 amide bonds. The Bertz CT molecular complexity index is 1070. The summed E-state index contributed by atoms with van der Waals surface area (Å²) in [6.45, 7) is 4.23. The van der Waals surface area contributed by atoms with E-state index in [9.17, 15) is 5.11 Å². The first-order valence-corrected chi connectivity index (χ1v) is 9.81. The molecule has 0 bridgehead atoms. The number of aliphatic hydroxyl groups excluding tert-OH is 1. The molecule has 150 valence electrons. The normalized spacial score (nSPS) is 12.3. The van der Waals surface area contributed by atoms with E-state index in [1.165, 1.54) is 11.1 Å². The van der Waals surface area contributed by atoms with Crippen LogP contribution in [0.3, 0.4) is 0 Å². The Morgan fingerprint density at radius 1 is 1.17 bits per heavy atom. The lowest BCUT2D eigenvalue weighted by Gasteiger charge is -2.14. The number of nitrogens with zero attached hydrogens (tertiary/aromatic N) is 2. The summed E-state index contributed by atoms with van der Waals surface area (Å²) in [5, 5.41) is 14.7. The fraction of sp³-hybridized carbons (Fsp3) is 0.261. The van der Waals surface area contributed by atoms with Crippen molar-refractivity contribution in [2.75, 3.05) is 13.2 Å². The van der Waals surface area contributed by atoms with Crippen LogP contribution in [-0.4, -0.2) is 38.9 Å². The number of aromatic amines is 1. The SMILES string of the molecule is Cc1nccn1Cc1cccc(CNCC(O)COc2ccc3cc[nH]c3c2)c1. The van der Waals surface area contributed by atoms with Gasteiger partial charge in [-0.2, -0.15) is 0 Å². The summed E-state index contributed by atoms with van der Waals surface area (Å²) < 4.78 is 7.84. The smallest absolute Gasteiger partial charge is 0.121 e. The molecule has 4 aromatic rings. The van der Waals surface area contributed by atoms with E-state index in [4.69, 9.17) is 4.74 Å². The van der Waals surface area contributed by atoms with E-state index in [0.717, 1.165) is 29.0 Å². The highest BCUT2D eigenvalue weighted by Gasteiger charge is 2.07. The van der Waals surface area contributed by atoms with E-state index < -0.39 is 6.10 Å². The number of fused-ring (bicyclic) bond motifs is 1. The van der Waals surface area contributed by atoms with Crippen LogP contribution in [-0.2, 0) is 13.1 Å². The zero-order valence-electron chi connectivity index (χ0n) is 16.5. The van der Waals surface area contributed by atoms with Crippen molar-refractivity contribution in [2.24, 2.45) is 0 Å². The third-order valence-corrected chi connectivity index (χ3v) is 4.95. The van der Waals surface area contributed by atoms with Crippen LogP contribution in [0.15, 0.2) is 67.1 Å². The number of hydrogen-bond acceptors (Lipinski definition) is 4. The van der Waals surface area contributed by atoms with Crippen molar-refractivity contribution in [2.45, 2.75) is 26.1 Å². The van der Waals surface area contributed by atoms with Gasteiger partial charge in [0, 0.05) is 49.8 Å². The van der Waals surface area contributed by atoms with Crippen molar-refractivity contribution in [3.63, 3.8) is 0 Å². The minimum absolute atomic E-state index is 0.249. The van der Waals surface area contributed by atoms with Crippen molar-refractivity contribution >= 4 is 10.9 Å². The fourth-order valence-electron chi connectivity index (χ4n) is 3.36. The number of benzene rings is 2. The lowest BCUT2D eigenvalue weighted by Crippen LogP contribution is -2.31. The van der Waals surface area contributed by atoms with Crippen molar-refractivity contribution in [3.05, 3.63) is 84.1 Å². The predicted molar refractivity (Wildman–Crippen MR) is 114 cm³/mol. The van der Waals surface area contributed by atoms with Gasteiger partial charge in [0.05, 0.1) is 0 Å². The Kier molecular flexibility index (Phi) is 5.93. The van der Waals surface area contributed by atoms with Gasteiger partial charge in [0.15, 0.2) is 0 Å². The lowest BCUT2D eigenvalue weighted by atomic mass is 10.1. The second kappa shape index (κ2) is 8.94. The Morgan fingerprint density at radius 2 is 2.07 bits per heavy atom. The zero-order valence-corrected chi connectivity index (χ0v) is 16.5. The van der Waals surface area contributed by atoms with Crippen LogP contribution in [0, 0.1) is 6.92 Å². The number of imidazole rings is 1. The maximum absolute atomic E-state index is 10.2. The first kappa shape index (κ1) is 19.2. The molecular formula is C23H26N4O2. The molecule has 2 aromatic heterocycles. The molecule has 1 atom stereocenters. The second-order valence-electron chi connectivity index (χ2n) is 7.24. The van der Waals surface area contributed by atoms with Gasteiger partial charge >= 0.3 is 0 Å². The molecule has 6 heteroatoms. The molecule has 4 rings (SSSR count). The molecular weight excluding hydrogens is 364 g/mol. The van der Waals surface area contributed by atoms with Gasteiger partial charge in [-0.25, -0.2) is 4.98 Å². The van der Waals surface area contributed by atoms with Gasteiger partial charge in [0.25, 0.3) is 0 Å². The summed E-state index contributed by atoms with van der Waals surface area (Å²) in [5.41, 5.74) is 3.44. The number of ether oxygens (including phenoxy) is 1. The highest BCUT2D eigenvalue weighted by Crippen LogP contribution is 2.19. The minimum Gasteiger partial charge on any atom is -0.491 e. The molecule has 0 aliphatic heterocycles. The van der Waals surface area contributed by atoms with Crippen LogP contribution in [0.2, 0.25) is 0 Å². The Balaban J connectivity index is 1.23. The molecule has 3 N–H and O–H groups in total. The van der Waals surface area contributed by atoms with Crippen molar-refractivity contribution in [1.82, 2.24) is 19.9 Å². The van der Waals surface area contributed by atoms with E-state index in [2.05, 4.69) is 44.1 Å². The quantitative estimate of drug-likeness (QED) is 0.410. The lowest BCUT2D eigenvalue weighted by molar-refractivity contribution is 0.106. The molecule has 0 saturated heterocycles. The summed E-state index contributed by atoms with van der Waals surface area (Å²) in [5.74, 6) is 1.76. The summed E-state index contributed by atoms with van der Waals surface area (Å²) in [6.07, 6.45) is 5.13. The molecule has 2 heterocycles. The maximum Gasteiger partial charge on any atom is 0.121 e. The molecule has 0 spiro atoms. The van der Waals surface area contributed by atoms with Crippen LogP contribution < -0.4 is 10.1 Å². The first-order chi connectivity index (χ1) is 14.2. The average Bonchev–Trinajstić information content (AvgIpc) is 3.35. The number of nitrogens with one attached hydrogen (secondary N) is 2. The number of aliphatic hydroxyl groups is 1. The number of aromatic nitrogens is 3. The van der Waals surface area contributed by atoms with Crippen LogP contribution >= 0.6 is 0 Å². The van der Waals surface area contributed by atoms with Gasteiger partial charge in [-0.1, -0.05) is 24.3 Å². The zero-order chi connectivity index (χ0) is 20.1. The molecule has 0 aliphatic rings. The van der Waals surface area contributed by atoms with E-state index in [0.29, 0.717) is 13.1 Å². The highest BCUT2D eigenvalue weighted by atomic mass is 16.5. The Morgan fingerprint density at radius 3 is 2.93 bits per heavy atom. The number of hydrogen-bond donors (Lipinski definition) is 3. The molecule has 1 unspecified atom stereocenters. The summed E-state index contributed by atoms with van der Waals surface area (Å²) >= 11 is 0. The van der Waals surface area contributed by atoms with Gasteiger partial charge in [-0.05, 0) is 41.6 Å². The number of H-pyrrole nitrogens is 1. The summed E-state index contributed by atoms with van der Waals surface area (Å²) in [7, 11) is 0. The number of aryl methyl sites for hydroxylation is 1. The number of rotatable bonds is 9. The van der Waals surface area contributed by atoms with Crippen molar-refractivity contribution < 1.29 is 9.84 Å². The van der Waals surface area contributed by atoms with Gasteiger partial charge in [-0.15, -0.1) is 0 Å². The fourth-order valence-corrected chi connectivity index (χ4v) is 3.36. The molecule has 0 radical (unpaired) electrons. The standard InChI is InChI=1S/C23H26N4O2/c1-17-25-9-10-27(17)15-19-4-2-3-18(11-19)13-24-14-21(28)16-29-22-6-5-20-7-8-26-23(20)12-22/h2-12,21,24,26,28H,13-16H2,1H3.